The average molecular weight is 329 g/mol. The first kappa shape index (κ1) is 15.8. The van der Waals surface area contributed by atoms with Gasteiger partial charge in [-0.05, 0) is 47.2 Å². The molecule has 0 bridgehead atoms. The van der Waals surface area contributed by atoms with Crippen LogP contribution in [0.15, 0.2) is 53.6 Å². The standard InChI is InChI=1S/C18H19NO3S/c1-13-16(12-20)6-5-15-9-10-19(18(13)15)11-14-3-7-17(8-4-14)23(2,21)22/h3-10,20H,11-12H2,1-2H3. The minimum Gasteiger partial charge on any atom is -0.392 e. The molecule has 0 radical (unpaired) electrons. The largest absolute Gasteiger partial charge is 0.392 e. The molecular formula is C18H19NO3S. The lowest BCUT2D eigenvalue weighted by Gasteiger charge is -2.11. The Kier molecular flexibility index (Phi) is 4.00. The zero-order valence-electron chi connectivity index (χ0n) is 13.2. The number of rotatable bonds is 4. The van der Waals surface area contributed by atoms with Crippen LogP contribution < -0.4 is 0 Å². The molecule has 0 saturated carbocycles. The summed E-state index contributed by atoms with van der Waals surface area (Å²) < 4.78 is 25.2. The Labute approximate surface area is 135 Å². The van der Waals surface area contributed by atoms with Crippen molar-refractivity contribution in [3.05, 3.63) is 65.4 Å². The van der Waals surface area contributed by atoms with Crippen LogP contribution in [0, 0.1) is 6.92 Å². The van der Waals surface area contributed by atoms with Crippen LogP contribution in [0.5, 0.6) is 0 Å². The lowest BCUT2D eigenvalue weighted by atomic mass is 10.1. The van der Waals surface area contributed by atoms with E-state index in [4.69, 9.17) is 0 Å². The molecule has 0 atom stereocenters. The van der Waals surface area contributed by atoms with E-state index in [2.05, 4.69) is 4.57 Å². The van der Waals surface area contributed by atoms with E-state index in [-0.39, 0.29) is 6.61 Å². The van der Waals surface area contributed by atoms with Gasteiger partial charge < -0.3 is 9.67 Å². The second-order valence-corrected chi connectivity index (χ2v) is 7.82. The van der Waals surface area contributed by atoms with E-state index in [0.29, 0.717) is 11.4 Å². The first-order valence-corrected chi connectivity index (χ1v) is 9.26. The third kappa shape index (κ3) is 3.02. The fourth-order valence-electron chi connectivity index (χ4n) is 2.87. The molecule has 0 aliphatic carbocycles. The number of benzene rings is 2. The van der Waals surface area contributed by atoms with Crippen molar-refractivity contribution in [3.8, 4) is 0 Å². The van der Waals surface area contributed by atoms with Crippen molar-refractivity contribution in [1.82, 2.24) is 4.57 Å². The topological polar surface area (TPSA) is 59.3 Å². The number of hydrogen-bond acceptors (Lipinski definition) is 3. The predicted octanol–water partition coefficient (Wildman–Crippen LogP) is 2.89. The molecule has 0 saturated heterocycles. The van der Waals surface area contributed by atoms with Crippen molar-refractivity contribution in [2.24, 2.45) is 0 Å². The van der Waals surface area contributed by atoms with Gasteiger partial charge in [0.25, 0.3) is 0 Å². The number of aliphatic hydroxyl groups is 1. The van der Waals surface area contributed by atoms with Gasteiger partial charge in [0.15, 0.2) is 9.84 Å². The highest BCUT2D eigenvalue weighted by molar-refractivity contribution is 7.90. The summed E-state index contributed by atoms with van der Waals surface area (Å²) in [6.45, 7) is 2.69. The van der Waals surface area contributed by atoms with Gasteiger partial charge in [0.1, 0.15) is 0 Å². The van der Waals surface area contributed by atoms with E-state index in [1.807, 2.05) is 43.5 Å². The van der Waals surface area contributed by atoms with Gasteiger partial charge in [-0.3, -0.25) is 0 Å². The van der Waals surface area contributed by atoms with Gasteiger partial charge >= 0.3 is 0 Å². The summed E-state index contributed by atoms with van der Waals surface area (Å²) in [6.07, 6.45) is 3.23. The highest BCUT2D eigenvalue weighted by Gasteiger charge is 2.10. The summed E-state index contributed by atoms with van der Waals surface area (Å²) in [6, 6.07) is 13.0. The minimum absolute atomic E-state index is 0.0238. The maximum atomic E-state index is 11.5. The van der Waals surface area contributed by atoms with Gasteiger partial charge in [-0.1, -0.05) is 24.3 Å². The summed E-state index contributed by atoms with van der Waals surface area (Å²) in [5.74, 6) is 0. The molecule has 3 rings (SSSR count). The summed E-state index contributed by atoms with van der Waals surface area (Å²) in [4.78, 5) is 0.331. The molecule has 120 valence electrons. The van der Waals surface area contributed by atoms with Crippen LogP contribution in [0.3, 0.4) is 0 Å². The van der Waals surface area contributed by atoms with Gasteiger partial charge in [-0.2, -0.15) is 0 Å². The number of sulfone groups is 1. The molecule has 3 aromatic rings. The molecule has 0 amide bonds. The van der Waals surface area contributed by atoms with E-state index in [1.165, 1.54) is 6.26 Å². The summed E-state index contributed by atoms with van der Waals surface area (Å²) in [5, 5.41) is 10.6. The molecule has 0 unspecified atom stereocenters. The van der Waals surface area contributed by atoms with Crippen molar-refractivity contribution >= 4 is 20.7 Å². The van der Waals surface area contributed by atoms with Gasteiger partial charge in [-0.15, -0.1) is 0 Å². The van der Waals surface area contributed by atoms with Crippen LogP contribution in [-0.4, -0.2) is 24.3 Å². The molecule has 1 aromatic heterocycles. The van der Waals surface area contributed by atoms with Crippen LogP contribution in [0.4, 0.5) is 0 Å². The molecule has 5 heteroatoms. The average Bonchev–Trinajstić information content (AvgIpc) is 2.91. The lowest BCUT2D eigenvalue weighted by molar-refractivity contribution is 0.281. The first-order valence-electron chi connectivity index (χ1n) is 7.37. The maximum Gasteiger partial charge on any atom is 0.175 e. The van der Waals surface area contributed by atoms with Gasteiger partial charge in [0, 0.05) is 19.0 Å². The number of aliphatic hydroxyl groups excluding tert-OH is 1. The zero-order chi connectivity index (χ0) is 16.6. The van der Waals surface area contributed by atoms with Crippen molar-refractivity contribution in [3.63, 3.8) is 0 Å². The Hall–Kier alpha value is -2.11. The van der Waals surface area contributed by atoms with E-state index in [1.54, 1.807) is 12.1 Å². The summed E-state index contributed by atoms with van der Waals surface area (Å²) in [5.41, 5.74) is 4.13. The van der Waals surface area contributed by atoms with Crippen molar-refractivity contribution in [2.75, 3.05) is 6.26 Å². The van der Waals surface area contributed by atoms with Crippen molar-refractivity contribution in [2.45, 2.75) is 25.0 Å². The Bertz CT molecular complexity index is 954. The second-order valence-electron chi connectivity index (χ2n) is 5.81. The maximum absolute atomic E-state index is 11.5. The molecule has 0 fully saturated rings. The van der Waals surface area contributed by atoms with Gasteiger partial charge in [0.2, 0.25) is 0 Å². The normalized spacial score (nSPS) is 12.0. The number of aryl methyl sites for hydroxylation is 1. The molecular weight excluding hydrogens is 310 g/mol. The SMILES string of the molecule is Cc1c(CO)ccc2ccn(Cc3ccc(S(C)(=O)=O)cc3)c12. The van der Waals surface area contributed by atoms with Crippen LogP contribution in [0.2, 0.25) is 0 Å². The summed E-state index contributed by atoms with van der Waals surface area (Å²) >= 11 is 0. The van der Waals surface area contributed by atoms with E-state index in [9.17, 15) is 13.5 Å². The Morgan fingerprint density at radius 2 is 1.74 bits per heavy atom. The molecule has 2 aromatic carbocycles. The Morgan fingerprint density at radius 1 is 1.04 bits per heavy atom. The van der Waals surface area contributed by atoms with Crippen LogP contribution in [-0.2, 0) is 23.0 Å². The number of fused-ring (bicyclic) bond motifs is 1. The number of hydrogen-bond donors (Lipinski definition) is 1. The smallest absolute Gasteiger partial charge is 0.175 e. The highest BCUT2D eigenvalue weighted by atomic mass is 32.2. The van der Waals surface area contributed by atoms with E-state index < -0.39 is 9.84 Å². The van der Waals surface area contributed by atoms with Gasteiger partial charge in [0.05, 0.1) is 17.0 Å². The molecule has 0 aliphatic heterocycles. The third-order valence-corrected chi connectivity index (χ3v) is 5.30. The van der Waals surface area contributed by atoms with E-state index in [0.717, 1.165) is 27.6 Å². The lowest BCUT2D eigenvalue weighted by Crippen LogP contribution is -2.02. The first-order chi connectivity index (χ1) is 10.9. The van der Waals surface area contributed by atoms with E-state index >= 15 is 0 Å². The van der Waals surface area contributed by atoms with Crippen molar-refractivity contribution < 1.29 is 13.5 Å². The number of nitrogens with zero attached hydrogens (tertiary/aromatic N) is 1. The molecule has 23 heavy (non-hydrogen) atoms. The van der Waals surface area contributed by atoms with Crippen LogP contribution >= 0.6 is 0 Å². The Morgan fingerprint density at radius 3 is 2.35 bits per heavy atom. The fourth-order valence-corrected chi connectivity index (χ4v) is 3.50. The number of aromatic nitrogens is 1. The fraction of sp³-hybridized carbons (Fsp3) is 0.222. The zero-order valence-corrected chi connectivity index (χ0v) is 14.0. The van der Waals surface area contributed by atoms with Crippen LogP contribution in [0.25, 0.3) is 10.9 Å². The second kappa shape index (κ2) is 5.83. The Balaban J connectivity index is 1.99. The molecule has 0 spiro atoms. The predicted molar refractivity (Wildman–Crippen MR) is 91.3 cm³/mol. The monoisotopic (exact) mass is 329 g/mol. The molecule has 1 heterocycles. The van der Waals surface area contributed by atoms with Crippen LogP contribution in [0.1, 0.15) is 16.7 Å². The molecule has 0 aliphatic rings. The van der Waals surface area contributed by atoms with Crippen molar-refractivity contribution in [1.29, 1.82) is 0 Å². The molecule has 1 N–H and O–H groups in total. The third-order valence-electron chi connectivity index (χ3n) is 4.17. The quantitative estimate of drug-likeness (QED) is 0.801. The highest BCUT2D eigenvalue weighted by Crippen LogP contribution is 2.24. The van der Waals surface area contributed by atoms with Gasteiger partial charge in [-0.25, -0.2) is 8.42 Å². The molecule has 4 nitrogen and oxygen atoms in total. The minimum atomic E-state index is -3.17. The summed E-state index contributed by atoms with van der Waals surface area (Å²) in [7, 11) is -3.17.